The number of halogens is 2. The summed E-state index contributed by atoms with van der Waals surface area (Å²) in [6, 6.07) is 0. The minimum atomic E-state index is -0.426. The van der Waals surface area contributed by atoms with Crippen LogP contribution in [0.2, 0.25) is 5.28 Å². The lowest BCUT2D eigenvalue weighted by Gasteiger charge is -2.21. The first-order chi connectivity index (χ1) is 6.69. The first-order valence-electron chi connectivity index (χ1n) is 4.62. The molecule has 0 unspecified atom stereocenters. The van der Waals surface area contributed by atoms with Gasteiger partial charge in [-0.05, 0) is 24.9 Å². The second-order valence-corrected chi connectivity index (χ2v) is 3.23. The molecule has 0 fully saturated rings. The Bertz CT molecular complexity index is 306. The van der Waals surface area contributed by atoms with Gasteiger partial charge in [0.1, 0.15) is 0 Å². The fraction of sp³-hybridized carbons (Fsp3) is 0.556. The van der Waals surface area contributed by atoms with Crippen LogP contribution in [0.1, 0.15) is 20.3 Å². The van der Waals surface area contributed by atoms with Crippen molar-refractivity contribution in [1.29, 1.82) is 0 Å². The van der Waals surface area contributed by atoms with E-state index < -0.39 is 5.82 Å². The summed E-state index contributed by atoms with van der Waals surface area (Å²) in [5.74, 6) is -0.140. The van der Waals surface area contributed by atoms with Gasteiger partial charge in [-0.15, -0.1) is 0 Å². The average molecular weight is 218 g/mol. The molecule has 1 heterocycles. The van der Waals surface area contributed by atoms with E-state index in [-0.39, 0.29) is 11.1 Å². The molecule has 1 aromatic rings. The van der Waals surface area contributed by atoms with E-state index in [2.05, 4.69) is 9.97 Å². The van der Waals surface area contributed by atoms with Gasteiger partial charge in [-0.25, -0.2) is 9.37 Å². The maximum absolute atomic E-state index is 13.3. The number of rotatable bonds is 4. The third-order valence-electron chi connectivity index (χ3n) is 1.87. The molecule has 5 heteroatoms. The van der Waals surface area contributed by atoms with Gasteiger partial charge in [-0.3, -0.25) is 0 Å². The third kappa shape index (κ3) is 2.54. The molecule has 14 heavy (non-hydrogen) atoms. The molecule has 0 aliphatic carbocycles. The van der Waals surface area contributed by atoms with Crippen LogP contribution >= 0.6 is 11.6 Å². The molecule has 0 saturated carbocycles. The lowest BCUT2D eigenvalue weighted by Crippen LogP contribution is -2.25. The molecule has 0 aromatic carbocycles. The summed E-state index contributed by atoms with van der Waals surface area (Å²) in [6.45, 7) is 5.45. The van der Waals surface area contributed by atoms with Gasteiger partial charge in [0.05, 0.1) is 6.20 Å². The number of aromatic nitrogens is 2. The standard InChI is InChI=1S/C9H13ClFN3/c1-3-5-14(4-2)8-7(11)6-12-9(10)13-8/h6H,3-5H2,1-2H3. The van der Waals surface area contributed by atoms with Gasteiger partial charge in [-0.2, -0.15) is 4.98 Å². The van der Waals surface area contributed by atoms with Crippen LogP contribution in [0.4, 0.5) is 10.2 Å². The highest BCUT2D eigenvalue weighted by atomic mass is 35.5. The van der Waals surface area contributed by atoms with Gasteiger partial charge in [-0.1, -0.05) is 6.92 Å². The second-order valence-electron chi connectivity index (χ2n) is 2.89. The Morgan fingerprint density at radius 1 is 1.50 bits per heavy atom. The molecule has 3 nitrogen and oxygen atoms in total. The van der Waals surface area contributed by atoms with E-state index in [9.17, 15) is 4.39 Å². The maximum Gasteiger partial charge on any atom is 0.224 e. The lowest BCUT2D eigenvalue weighted by molar-refractivity contribution is 0.601. The van der Waals surface area contributed by atoms with Crippen molar-refractivity contribution in [3.05, 3.63) is 17.3 Å². The van der Waals surface area contributed by atoms with E-state index in [1.807, 2.05) is 18.7 Å². The first-order valence-corrected chi connectivity index (χ1v) is 4.99. The van der Waals surface area contributed by atoms with Crippen LogP contribution in [-0.4, -0.2) is 23.1 Å². The van der Waals surface area contributed by atoms with Gasteiger partial charge in [0.15, 0.2) is 11.6 Å². The van der Waals surface area contributed by atoms with Crippen LogP contribution in [0, 0.1) is 5.82 Å². The van der Waals surface area contributed by atoms with Crippen LogP contribution in [0.3, 0.4) is 0 Å². The van der Waals surface area contributed by atoms with E-state index >= 15 is 0 Å². The van der Waals surface area contributed by atoms with Crippen molar-refractivity contribution in [3.8, 4) is 0 Å². The Hall–Kier alpha value is -0.900. The predicted molar refractivity (Wildman–Crippen MR) is 55.2 cm³/mol. The minimum Gasteiger partial charge on any atom is -0.354 e. The highest BCUT2D eigenvalue weighted by Gasteiger charge is 2.11. The molecule has 0 radical (unpaired) electrons. The van der Waals surface area contributed by atoms with Crippen molar-refractivity contribution in [3.63, 3.8) is 0 Å². The quantitative estimate of drug-likeness (QED) is 0.726. The molecule has 0 spiro atoms. The number of anilines is 1. The Kier molecular flexibility index (Phi) is 4.07. The zero-order valence-electron chi connectivity index (χ0n) is 8.30. The topological polar surface area (TPSA) is 29.0 Å². The van der Waals surface area contributed by atoms with Gasteiger partial charge < -0.3 is 4.90 Å². The molecule has 0 aliphatic rings. The van der Waals surface area contributed by atoms with Crippen molar-refractivity contribution in [2.24, 2.45) is 0 Å². The molecule has 1 aromatic heterocycles. The van der Waals surface area contributed by atoms with E-state index in [4.69, 9.17) is 11.6 Å². The van der Waals surface area contributed by atoms with Crippen molar-refractivity contribution in [1.82, 2.24) is 9.97 Å². The lowest BCUT2D eigenvalue weighted by atomic mass is 10.4. The Morgan fingerprint density at radius 3 is 2.79 bits per heavy atom. The van der Waals surface area contributed by atoms with Gasteiger partial charge in [0, 0.05) is 13.1 Å². The molecule has 0 aliphatic heterocycles. The van der Waals surface area contributed by atoms with Crippen LogP contribution < -0.4 is 4.90 Å². The summed E-state index contributed by atoms with van der Waals surface area (Å²) in [5, 5.41) is 0.0796. The molecule has 1 rings (SSSR count). The fourth-order valence-electron chi connectivity index (χ4n) is 1.24. The van der Waals surface area contributed by atoms with Crippen LogP contribution in [0.5, 0.6) is 0 Å². The molecular formula is C9H13ClFN3. The zero-order chi connectivity index (χ0) is 10.6. The number of hydrogen-bond acceptors (Lipinski definition) is 3. The summed E-state index contributed by atoms with van der Waals surface area (Å²) >= 11 is 5.60. The molecule has 0 saturated heterocycles. The predicted octanol–water partition coefficient (Wildman–Crippen LogP) is 2.51. The smallest absolute Gasteiger partial charge is 0.224 e. The van der Waals surface area contributed by atoms with Crippen LogP contribution in [0.25, 0.3) is 0 Å². The van der Waals surface area contributed by atoms with Gasteiger partial charge in [0.25, 0.3) is 0 Å². The third-order valence-corrected chi connectivity index (χ3v) is 2.05. The fourth-order valence-corrected chi connectivity index (χ4v) is 1.37. The van der Waals surface area contributed by atoms with E-state index in [0.29, 0.717) is 6.54 Å². The highest BCUT2D eigenvalue weighted by Crippen LogP contribution is 2.17. The minimum absolute atomic E-state index is 0.0796. The summed E-state index contributed by atoms with van der Waals surface area (Å²) < 4.78 is 13.3. The van der Waals surface area contributed by atoms with Crippen molar-refractivity contribution >= 4 is 17.4 Å². The number of nitrogens with zero attached hydrogens (tertiary/aromatic N) is 3. The van der Waals surface area contributed by atoms with Crippen molar-refractivity contribution < 1.29 is 4.39 Å². The van der Waals surface area contributed by atoms with Crippen LogP contribution in [-0.2, 0) is 0 Å². The van der Waals surface area contributed by atoms with Gasteiger partial charge >= 0.3 is 0 Å². The average Bonchev–Trinajstić information content (AvgIpc) is 2.18. The molecule has 0 N–H and O–H groups in total. The van der Waals surface area contributed by atoms with Crippen molar-refractivity contribution in [2.75, 3.05) is 18.0 Å². The van der Waals surface area contributed by atoms with Gasteiger partial charge in [0.2, 0.25) is 5.28 Å². The summed E-state index contributed by atoms with van der Waals surface area (Å²) in [6.07, 6.45) is 2.04. The van der Waals surface area contributed by atoms with Crippen LogP contribution in [0.15, 0.2) is 6.20 Å². The van der Waals surface area contributed by atoms with Crippen molar-refractivity contribution in [2.45, 2.75) is 20.3 Å². The number of hydrogen-bond donors (Lipinski definition) is 0. The summed E-state index contributed by atoms with van der Waals surface area (Å²) in [7, 11) is 0. The monoisotopic (exact) mass is 217 g/mol. The second kappa shape index (κ2) is 5.10. The van der Waals surface area contributed by atoms with E-state index in [1.54, 1.807) is 0 Å². The SMILES string of the molecule is CCCN(CC)c1nc(Cl)ncc1F. The molecule has 0 amide bonds. The molecular weight excluding hydrogens is 205 g/mol. The Morgan fingerprint density at radius 2 is 2.21 bits per heavy atom. The first kappa shape index (κ1) is 11.2. The summed E-state index contributed by atoms with van der Waals surface area (Å²) in [4.78, 5) is 9.27. The molecule has 0 atom stereocenters. The zero-order valence-corrected chi connectivity index (χ0v) is 9.05. The normalized spacial score (nSPS) is 10.3. The molecule has 0 bridgehead atoms. The Labute approximate surface area is 87.9 Å². The van der Waals surface area contributed by atoms with E-state index in [1.165, 1.54) is 0 Å². The Balaban J connectivity index is 2.96. The maximum atomic E-state index is 13.3. The van der Waals surface area contributed by atoms with E-state index in [0.717, 1.165) is 19.2 Å². The summed E-state index contributed by atoms with van der Waals surface area (Å²) in [5.41, 5.74) is 0. The largest absolute Gasteiger partial charge is 0.354 e. The molecule has 78 valence electrons. The highest BCUT2D eigenvalue weighted by molar-refractivity contribution is 6.28.